The number of aryl methyl sites for hydroxylation is 1. The Bertz CT molecular complexity index is 562. The topological polar surface area (TPSA) is 83.0 Å². The molecular weight excluding hydrogens is 220 g/mol. The van der Waals surface area contributed by atoms with Crippen LogP contribution in [0.1, 0.15) is 10.5 Å². The Morgan fingerprint density at radius 1 is 1.53 bits per heavy atom. The van der Waals surface area contributed by atoms with Gasteiger partial charge in [-0.1, -0.05) is 0 Å². The van der Waals surface area contributed by atoms with Gasteiger partial charge in [0.1, 0.15) is 0 Å². The molecule has 6 heteroatoms. The van der Waals surface area contributed by atoms with E-state index >= 15 is 0 Å². The minimum Gasteiger partial charge on any atom is -0.464 e. The second-order valence-electron chi connectivity index (χ2n) is 3.53. The predicted octanol–water partition coefficient (Wildman–Crippen LogP) is 0.851. The Hall–Kier alpha value is -2.37. The summed E-state index contributed by atoms with van der Waals surface area (Å²) in [7, 11) is 3.11. The lowest BCUT2D eigenvalue weighted by Gasteiger charge is -2.04. The van der Waals surface area contributed by atoms with E-state index in [1.54, 1.807) is 16.9 Å². The number of anilines is 1. The maximum absolute atomic E-state index is 11.3. The van der Waals surface area contributed by atoms with Gasteiger partial charge in [0.15, 0.2) is 5.69 Å². The SMILES string of the molecule is COC(=O)c1ncc(-c2ccn(C)n2)cc1N. The Labute approximate surface area is 98.0 Å². The fraction of sp³-hybridized carbons (Fsp3) is 0.182. The van der Waals surface area contributed by atoms with Gasteiger partial charge in [-0.25, -0.2) is 9.78 Å². The highest BCUT2D eigenvalue weighted by Gasteiger charge is 2.13. The first-order valence-corrected chi connectivity index (χ1v) is 4.95. The van der Waals surface area contributed by atoms with Gasteiger partial charge in [0.2, 0.25) is 0 Å². The second kappa shape index (κ2) is 4.25. The van der Waals surface area contributed by atoms with E-state index in [1.807, 2.05) is 19.3 Å². The second-order valence-corrected chi connectivity index (χ2v) is 3.53. The van der Waals surface area contributed by atoms with Gasteiger partial charge in [-0.2, -0.15) is 5.10 Å². The van der Waals surface area contributed by atoms with Crippen LogP contribution in [0.3, 0.4) is 0 Å². The zero-order chi connectivity index (χ0) is 12.4. The van der Waals surface area contributed by atoms with Crippen molar-refractivity contribution in [3.05, 3.63) is 30.2 Å². The van der Waals surface area contributed by atoms with E-state index in [1.165, 1.54) is 7.11 Å². The van der Waals surface area contributed by atoms with Crippen LogP contribution >= 0.6 is 0 Å². The van der Waals surface area contributed by atoms with Gasteiger partial charge < -0.3 is 10.5 Å². The summed E-state index contributed by atoms with van der Waals surface area (Å²) in [5, 5.41) is 4.22. The summed E-state index contributed by atoms with van der Waals surface area (Å²) >= 11 is 0. The molecule has 0 unspecified atom stereocenters. The minimum atomic E-state index is -0.546. The van der Waals surface area contributed by atoms with Crippen molar-refractivity contribution in [2.45, 2.75) is 0 Å². The van der Waals surface area contributed by atoms with Gasteiger partial charge in [0, 0.05) is 25.0 Å². The van der Waals surface area contributed by atoms with Gasteiger partial charge in [0.25, 0.3) is 0 Å². The van der Waals surface area contributed by atoms with Crippen LogP contribution in [0, 0.1) is 0 Å². The number of ether oxygens (including phenoxy) is 1. The minimum absolute atomic E-state index is 0.118. The normalized spacial score (nSPS) is 10.2. The zero-order valence-corrected chi connectivity index (χ0v) is 9.54. The molecule has 2 N–H and O–H groups in total. The van der Waals surface area contributed by atoms with Crippen LogP contribution in [-0.2, 0) is 11.8 Å². The van der Waals surface area contributed by atoms with Gasteiger partial charge in [-0.05, 0) is 12.1 Å². The highest BCUT2D eigenvalue weighted by Crippen LogP contribution is 2.20. The summed E-state index contributed by atoms with van der Waals surface area (Å²) in [6, 6.07) is 3.50. The number of carbonyl (C=O) groups excluding carboxylic acids is 1. The van der Waals surface area contributed by atoms with Crippen molar-refractivity contribution in [2.24, 2.45) is 7.05 Å². The lowest BCUT2D eigenvalue weighted by molar-refractivity contribution is 0.0595. The van der Waals surface area contributed by atoms with E-state index in [0.717, 1.165) is 11.3 Å². The van der Waals surface area contributed by atoms with Crippen LogP contribution in [-0.4, -0.2) is 27.8 Å². The summed E-state index contributed by atoms with van der Waals surface area (Å²) in [6.07, 6.45) is 3.37. The molecule has 17 heavy (non-hydrogen) atoms. The molecule has 0 aromatic carbocycles. The number of nitrogens with zero attached hydrogens (tertiary/aromatic N) is 3. The number of esters is 1. The van der Waals surface area contributed by atoms with Crippen molar-refractivity contribution in [3.63, 3.8) is 0 Å². The molecule has 2 aromatic rings. The summed E-state index contributed by atoms with van der Waals surface area (Å²) in [5.74, 6) is -0.546. The molecule has 2 aromatic heterocycles. The van der Waals surface area contributed by atoms with Crippen LogP contribution in [0.5, 0.6) is 0 Å². The number of hydrogen-bond donors (Lipinski definition) is 1. The number of nitrogen functional groups attached to an aromatic ring is 1. The van der Waals surface area contributed by atoms with Crippen molar-refractivity contribution in [2.75, 3.05) is 12.8 Å². The Balaban J connectivity index is 2.40. The Morgan fingerprint density at radius 3 is 2.82 bits per heavy atom. The molecule has 2 heterocycles. The summed E-state index contributed by atoms with van der Waals surface area (Å²) in [4.78, 5) is 15.3. The molecular formula is C11H12N4O2. The molecule has 0 radical (unpaired) electrons. The van der Waals surface area contributed by atoms with Gasteiger partial charge in [-0.15, -0.1) is 0 Å². The maximum Gasteiger partial charge on any atom is 0.358 e. The first-order chi connectivity index (χ1) is 8.11. The third-order valence-electron chi connectivity index (χ3n) is 2.31. The van der Waals surface area contributed by atoms with E-state index in [2.05, 4.69) is 14.8 Å². The smallest absolute Gasteiger partial charge is 0.358 e. The predicted molar refractivity (Wildman–Crippen MR) is 62.2 cm³/mol. The maximum atomic E-state index is 11.3. The average molecular weight is 232 g/mol. The van der Waals surface area contributed by atoms with E-state index < -0.39 is 5.97 Å². The highest BCUT2D eigenvalue weighted by atomic mass is 16.5. The van der Waals surface area contributed by atoms with Crippen LogP contribution in [0.2, 0.25) is 0 Å². The number of methoxy groups -OCH3 is 1. The van der Waals surface area contributed by atoms with Crippen LogP contribution in [0.15, 0.2) is 24.5 Å². The highest BCUT2D eigenvalue weighted by molar-refractivity contribution is 5.93. The van der Waals surface area contributed by atoms with Crippen LogP contribution in [0.4, 0.5) is 5.69 Å². The van der Waals surface area contributed by atoms with Crippen molar-refractivity contribution < 1.29 is 9.53 Å². The Kier molecular flexibility index (Phi) is 2.78. The third kappa shape index (κ3) is 2.10. The van der Waals surface area contributed by atoms with Crippen molar-refractivity contribution in [1.82, 2.24) is 14.8 Å². The van der Waals surface area contributed by atoms with Gasteiger partial charge >= 0.3 is 5.97 Å². The molecule has 0 aliphatic heterocycles. The fourth-order valence-corrected chi connectivity index (χ4v) is 1.46. The standard InChI is InChI=1S/C11H12N4O2/c1-15-4-3-9(14-15)7-5-8(12)10(13-6-7)11(16)17-2/h3-6H,12H2,1-2H3. The number of rotatable bonds is 2. The van der Waals surface area contributed by atoms with E-state index in [-0.39, 0.29) is 11.4 Å². The lowest BCUT2D eigenvalue weighted by atomic mass is 10.2. The molecule has 0 amide bonds. The number of aromatic nitrogens is 3. The Morgan fingerprint density at radius 2 is 2.29 bits per heavy atom. The number of carbonyl (C=O) groups is 1. The summed E-state index contributed by atoms with van der Waals surface area (Å²) < 4.78 is 6.25. The molecule has 0 saturated heterocycles. The fourth-order valence-electron chi connectivity index (χ4n) is 1.46. The van der Waals surface area contributed by atoms with Gasteiger partial charge in [-0.3, -0.25) is 4.68 Å². The summed E-state index contributed by atoms with van der Waals surface area (Å²) in [5.41, 5.74) is 7.65. The van der Waals surface area contributed by atoms with E-state index in [9.17, 15) is 4.79 Å². The monoisotopic (exact) mass is 232 g/mol. The third-order valence-corrected chi connectivity index (χ3v) is 2.31. The quantitative estimate of drug-likeness (QED) is 0.776. The molecule has 0 spiro atoms. The largest absolute Gasteiger partial charge is 0.464 e. The summed E-state index contributed by atoms with van der Waals surface area (Å²) in [6.45, 7) is 0. The molecule has 6 nitrogen and oxygen atoms in total. The number of pyridine rings is 1. The van der Waals surface area contributed by atoms with Crippen molar-refractivity contribution in [1.29, 1.82) is 0 Å². The number of nitrogens with two attached hydrogens (primary N) is 1. The average Bonchev–Trinajstić information content (AvgIpc) is 2.75. The van der Waals surface area contributed by atoms with Crippen molar-refractivity contribution in [3.8, 4) is 11.3 Å². The van der Waals surface area contributed by atoms with E-state index in [0.29, 0.717) is 0 Å². The first kappa shape index (κ1) is 11.1. The molecule has 0 saturated carbocycles. The lowest BCUT2D eigenvalue weighted by Crippen LogP contribution is -2.08. The molecule has 0 bridgehead atoms. The molecule has 0 aliphatic rings. The molecule has 88 valence electrons. The van der Waals surface area contributed by atoms with Crippen LogP contribution in [0.25, 0.3) is 11.3 Å². The molecule has 0 aliphatic carbocycles. The molecule has 0 atom stereocenters. The van der Waals surface area contributed by atoms with Crippen LogP contribution < -0.4 is 5.73 Å². The van der Waals surface area contributed by atoms with Crippen molar-refractivity contribution >= 4 is 11.7 Å². The van der Waals surface area contributed by atoms with E-state index in [4.69, 9.17) is 5.73 Å². The van der Waals surface area contributed by atoms with Gasteiger partial charge in [0.05, 0.1) is 18.5 Å². The zero-order valence-electron chi connectivity index (χ0n) is 9.54. The molecule has 0 fully saturated rings. The first-order valence-electron chi connectivity index (χ1n) is 4.95. The number of hydrogen-bond acceptors (Lipinski definition) is 5. The molecule has 2 rings (SSSR count).